The second kappa shape index (κ2) is 7.30. The van der Waals surface area contributed by atoms with Crippen molar-refractivity contribution in [2.75, 3.05) is 5.32 Å². The van der Waals surface area contributed by atoms with Gasteiger partial charge in [-0.25, -0.2) is 0 Å². The molecule has 0 unspecified atom stereocenters. The Kier molecular flexibility index (Phi) is 4.92. The summed E-state index contributed by atoms with van der Waals surface area (Å²) < 4.78 is 0. The maximum atomic E-state index is 12.3. The minimum Gasteiger partial charge on any atom is -0.348 e. The number of aryl methyl sites for hydroxylation is 1. The molecule has 0 saturated heterocycles. The molecule has 1 heterocycles. The highest BCUT2D eigenvalue weighted by Crippen LogP contribution is 2.30. The van der Waals surface area contributed by atoms with E-state index in [9.17, 15) is 19.7 Å². The van der Waals surface area contributed by atoms with Gasteiger partial charge in [0.25, 0.3) is 11.6 Å². The third kappa shape index (κ3) is 4.21. The number of anilines is 1. The molecule has 8 heteroatoms. The number of benzene rings is 1. The first-order valence-corrected chi connectivity index (χ1v) is 8.23. The van der Waals surface area contributed by atoms with E-state index in [0.717, 1.165) is 24.6 Å². The van der Waals surface area contributed by atoms with Crippen molar-refractivity contribution in [3.63, 3.8) is 0 Å². The van der Waals surface area contributed by atoms with E-state index in [1.165, 1.54) is 6.07 Å². The van der Waals surface area contributed by atoms with Gasteiger partial charge in [0.15, 0.2) is 0 Å². The Morgan fingerprint density at radius 1 is 1.31 bits per heavy atom. The summed E-state index contributed by atoms with van der Waals surface area (Å²) in [6.07, 6.45) is 2.98. The van der Waals surface area contributed by atoms with Crippen molar-refractivity contribution >= 4 is 23.2 Å². The van der Waals surface area contributed by atoms with Crippen molar-refractivity contribution in [1.82, 2.24) is 10.3 Å². The van der Waals surface area contributed by atoms with E-state index in [1.54, 1.807) is 25.1 Å². The van der Waals surface area contributed by atoms with E-state index in [4.69, 9.17) is 0 Å². The largest absolute Gasteiger partial charge is 0.348 e. The van der Waals surface area contributed by atoms with Gasteiger partial charge in [-0.2, -0.15) is 0 Å². The van der Waals surface area contributed by atoms with E-state index in [-0.39, 0.29) is 29.6 Å². The second-order valence-electron chi connectivity index (χ2n) is 6.23. The molecule has 1 aliphatic rings. The van der Waals surface area contributed by atoms with Gasteiger partial charge in [-0.15, -0.1) is 0 Å². The molecule has 1 aromatic heterocycles. The number of carbonyl (C=O) groups excluding carboxylic acids is 2. The standard InChI is InChI=1S/C18H18N4O4/c1-11-16(8-15(10-19-11)22(25)26)18(24)20-9-12-3-2-4-14(7-12)21-17(23)13-5-6-13/h2-4,7-8,10,13H,5-6,9H2,1H3,(H,20,24)(H,21,23). The molecule has 2 N–H and O–H groups in total. The Balaban J connectivity index is 1.65. The fourth-order valence-corrected chi connectivity index (χ4v) is 2.48. The quantitative estimate of drug-likeness (QED) is 0.611. The molecule has 0 bridgehead atoms. The summed E-state index contributed by atoms with van der Waals surface area (Å²) >= 11 is 0. The van der Waals surface area contributed by atoms with Crippen LogP contribution in [0.5, 0.6) is 0 Å². The molecule has 1 aliphatic carbocycles. The smallest absolute Gasteiger partial charge is 0.288 e. The van der Waals surface area contributed by atoms with Crippen LogP contribution in [0.1, 0.15) is 34.5 Å². The predicted molar refractivity (Wildman–Crippen MR) is 94.6 cm³/mol. The lowest BCUT2D eigenvalue weighted by Crippen LogP contribution is -2.24. The first-order valence-electron chi connectivity index (χ1n) is 8.23. The topological polar surface area (TPSA) is 114 Å². The predicted octanol–water partition coefficient (Wildman–Crippen LogP) is 2.58. The van der Waals surface area contributed by atoms with Crippen molar-refractivity contribution in [3.05, 3.63) is 63.5 Å². The van der Waals surface area contributed by atoms with Crippen molar-refractivity contribution in [3.8, 4) is 0 Å². The fraction of sp³-hybridized carbons (Fsp3) is 0.278. The van der Waals surface area contributed by atoms with Gasteiger partial charge in [0.05, 0.1) is 16.2 Å². The Hall–Kier alpha value is -3.29. The van der Waals surface area contributed by atoms with E-state index >= 15 is 0 Å². The summed E-state index contributed by atoms with van der Waals surface area (Å²) in [7, 11) is 0. The van der Waals surface area contributed by atoms with Gasteiger partial charge in [-0.3, -0.25) is 24.7 Å². The number of aromatic nitrogens is 1. The Morgan fingerprint density at radius 3 is 2.77 bits per heavy atom. The third-order valence-electron chi connectivity index (χ3n) is 4.12. The first kappa shape index (κ1) is 17.5. The summed E-state index contributed by atoms with van der Waals surface area (Å²) in [6.45, 7) is 1.85. The van der Waals surface area contributed by atoms with Gasteiger partial charge in [0.1, 0.15) is 6.20 Å². The second-order valence-corrected chi connectivity index (χ2v) is 6.23. The number of nitrogens with zero attached hydrogens (tertiary/aromatic N) is 2. The molecule has 1 fully saturated rings. The van der Waals surface area contributed by atoms with Crippen LogP contribution in [0, 0.1) is 23.0 Å². The fourth-order valence-electron chi connectivity index (χ4n) is 2.48. The molecular formula is C18H18N4O4. The van der Waals surface area contributed by atoms with Crippen LogP contribution in [0.25, 0.3) is 0 Å². The highest BCUT2D eigenvalue weighted by atomic mass is 16.6. The van der Waals surface area contributed by atoms with E-state index in [2.05, 4.69) is 15.6 Å². The minimum atomic E-state index is -0.588. The van der Waals surface area contributed by atoms with Crippen LogP contribution in [0.2, 0.25) is 0 Å². The van der Waals surface area contributed by atoms with E-state index in [1.807, 2.05) is 6.07 Å². The average Bonchev–Trinajstić information content (AvgIpc) is 3.45. The van der Waals surface area contributed by atoms with Crippen LogP contribution in [0.4, 0.5) is 11.4 Å². The zero-order valence-corrected chi connectivity index (χ0v) is 14.2. The molecule has 8 nitrogen and oxygen atoms in total. The van der Waals surface area contributed by atoms with Gasteiger partial charge in [-0.05, 0) is 37.5 Å². The maximum Gasteiger partial charge on any atom is 0.288 e. The number of pyridine rings is 1. The Labute approximate surface area is 149 Å². The van der Waals surface area contributed by atoms with Crippen molar-refractivity contribution < 1.29 is 14.5 Å². The number of carbonyl (C=O) groups is 2. The van der Waals surface area contributed by atoms with Gasteiger partial charge in [0, 0.05) is 24.2 Å². The zero-order valence-electron chi connectivity index (χ0n) is 14.2. The molecule has 0 spiro atoms. The number of nitrogens with one attached hydrogen (secondary N) is 2. The monoisotopic (exact) mass is 354 g/mol. The molecule has 26 heavy (non-hydrogen) atoms. The van der Waals surface area contributed by atoms with Crippen molar-refractivity contribution in [2.24, 2.45) is 5.92 Å². The number of amides is 2. The van der Waals surface area contributed by atoms with Gasteiger partial charge < -0.3 is 10.6 Å². The van der Waals surface area contributed by atoms with Crippen LogP contribution >= 0.6 is 0 Å². The molecule has 0 radical (unpaired) electrons. The minimum absolute atomic E-state index is 0.0180. The van der Waals surface area contributed by atoms with Crippen LogP contribution in [-0.2, 0) is 11.3 Å². The third-order valence-corrected chi connectivity index (χ3v) is 4.12. The first-order chi connectivity index (χ1) is 12.4. The molecule has 2 aromatic rings. The lowest BCUT2D eigenvalue weighted by molar-refractivity contribution is -0.385. The van der Waals surface area contributed by atoms with Gasteiger partial charge in [0.2, 0.25) is 5.91 Å². The lowest BCUT2D eigenvalue weighted by Gasteiger charge is -2.09. The number of nitro groups is 1. The summed E-state index contributed by atoms with van der Waals surface area (Å²) in [5.74, 6) is -0.307. The van der Waals surface area contributed by atoms with Gasteiger partial charge in [-0.1, -0.05) is 12.1 Å². The highest BCUT2D eigenvalue weighted by molar-refractivity contribution is 5.96. The van der Waals surface area contributed by atoms with Crippen LogP contribution < -0.4 is 10.6 Å². The maximum absolute atomic E-state index is 12.3. The molecular weight excluding hydrogens is 336 g/mol. The van der Waals surface area contributed by atoms with Crippen LogP contribution in [-0.4, -0.2) is 21.7 Å². The summed E-state index contributed by atoms with van der Waals surface area (Å²) in [6, 6.07) is 8.42. The highest BCUT2D eigenvalue weighted by Gasteiger charge is 2.29. The SMILES string of the molecule is Cc1ncc([N+](=O)[O-])cc1C(=O)NCc1cccc(NC(=O)C2CC2)c1. The van der Waals surface area contributed by atoms with Crippen molar-refractivity contribution in [2.45, 2.75) is 26.3 Å². The number of rotatable bonds is 6. The Bertz CT molecular complexity index is 877. The summed E-state index contributed by atoms with van der Waals surface area (Å²) in [5.41, 5.74) is 1.84. The van der Waals surface area contributed by atoms with Gasteiger partial charge >= 0.3 is 0 Å². The van der Waals surface area contributed by atoms with Crippen LogP contribution in [0.3, 0.4) is 0 Å². The molecule has 2 amide bonds. The number of hydrogen-bond acceptors (Lipinski definition) is 5. The molecule has 1 aromatic carbocycles. The normalized spacial score (nSPS) is 13.1. The number of hydrogen-bond donors (Lipinski definition) is 2. The summed E-state index contributed by atoms with van der Waals surface area (Å²) in [4.78, 5) is 38.3. The average molecular weight is 354 g/mol. The Morgan fingerprint density at radius 2 is 2.08 bits per heavy atom. The molecule has 134 valence electrons. The van der Waals surface area contributed by atoms with Crippen molar-refractivity contribution in [1.29, 1.82) is 0 Å². The van der Waals surface area contributed by atoms with E-state index in [0.29, 0.717) is 11.4 Å². The molecule has 1 saturated carbocycles. The van der Waals surface area contributed by atoms with Crippen LogP contribution in [0.15, 0.2) is 36.5 Å². The lowest BCUT2D eigenvalue weighted by atomic mass is 10.1. The van der Waals surface area contributed by atoms with E-state index < -0.39 is 10.8 Å². The molecule has 3 rings (SSSR count). The molecule has 0 aliphatic heterocycles. The zero-order chi connectivity index (χ0) is 18.7. The summed E-state index contributed by atoms with van der Waals surface area (Å²) in [5, 5.41) is 16.4. The molecule has 0 atom stereocenters.